The molecule has 2 aromatic rings. The number of hydrogen-bond donors (Lipinski definition) is 0. The van der Waals surface area contributed by atoms with Crippen LogP contribution in [0.4, 0.5) is 5.82 Å². The topological polar surface area (TPSA) is 59.3 Å². The molecule has 6 heteroatoms. The first-order chi connectivity index (χ1) is 12.7. The first-order valence-electron chi connectivity index (χ1n) is 9.09. The fourth-order valence-electron chi connectivity index (χ4n) is 3.30. The summed E-state index contributed by atoms with van der Waals surface area (Å²) in [5.41, 5.74) is 2.70. The van der Waals surface area contributed by atoms with Gasteiger partial charge in [-0.2, -0.15) is 5.26 Å². The summed E-state index contributed by atoms with van der Waals surface area (Å²) in [7, 11) is 2.17. The standard InChI is InChI=1S/C20H26N6/c1-17-19(14-21)20(23-16-22-17)26-12-10-25(11-13-26)9-8-24(2)15-18-6-4-3-5-7-18/h3-7,16H,8-13,15H2,1-2H3. The Kier molecular flexibility index (Phi) is 6.16. The van der Waals surface area contributed by atoms with Crippen LogP contribution in [0.1, 0.15) is 16.8 Å². The van der Waals surface area contributed by atoms with Gasteiger partial charge in [0.2, 0.25) is 0 Å². The molecule has 1 aromatic heterocycles. The number of hydrogen-bond acceptors (Lipinski definition) is 6. The van der Waals surface area contributed by atoms with E-state index in [4.69, 9.17) is 0 Å². The quantitative estimate of drug-likeness (QED) is 0.793. The molecular weight excluding hydrogens is 324 g/mol. The second kappa shape index (κ2) is 8.75. The van der Waals surface area contributed by atoms with Gasteiger partial charge in [-0.15, -0.1) is 0 Å². The number of anilines is 1. The monoisotopic (exact) mass is 350 g/mol. The van der Waals surface area contributed by atoms with Crippen LogP contribution in [0, 0.1) is 18.3 Å². The molecule has 0 N–H and O–H groups in total. The van der Waals surface area contributed by atoms with E-state index < -0.39 is 0 Å². The van der Waals surface area contributed by atoms with Crippen molar-refractivity contribution >= 4 is 5.82 Å². The first-order valence-corrected chi connectivity index (χ1v) is 9.09. The second-order valence-corrected chi connectivity index (χ2v) is 6.82. The lowest BCUT2D eigenvalue weighted by Gasteiger charge is -2.36. The van der Waals surface area contributed by atoms with E-state index in [1.165, 1.54) is 5.56 Å². The summed E-state index contributed by atoms with van der Waals surface area (Å²) in [6.45, 7) is 8.73. The zero-order valence-corrected chi connectivity index (χ0v) is 15.6. The van der Waals surface area contributed by atoms with Gasteiger partial charge >= 0.3 is 0 Å². The highest BCUT2D eigenvalue weighted by molar-refractivity contribution is 5.55. The van der Waals surface area contributed by atoms with Crippen LogP contribution in [0.2, 0.25) is 0 Å². The van der Waals surface area contributed by atoms with Gasteiger partial charge in [0.15, 0.2) is 0 Å². The van der Waals surface area contributed by atoms with Crippen molar-refractivity contribution in [3.05, 3.63) is 53.5 Å². The average Bonchev–Trinajstić information content (AvgIpc) is 2.67. The third-order valence-electron chi connectivity index (χ3n) is 4.89. The zero-order chi connectivity index (χ0) is 18.4. The van der Waals surface area contributed by atoms with Crippen molar-refractivity contribution < 1.29 is 0 Å². The Hall–Kier alpha value is -2.49. The van der Waals surface area contributed by atoms with Crippen molar-refractivity contribution in [2.45, 2.75) is 13.5 Å². The predicted octanol–water partition coefficient (Wildman–Crippen LogP) is 1.91. The Bertz CT molecular complexity index is 747. The molecule has 0 unspecified atom stereocenters. The van der Waals surface area contributed by atoms with Crippen molar-refractivity contribution in [3.63, 3.8) is 0 Å². The van der Waals surface area contributed by atoms with Crippen LogP contribution in [0.3, 0.4) is 0 Å². The van der Waals surface area contributed by atoms with Crippen molar-refractivity contribution in [2.75, 3.05) is 51.2 Å². The minimum atomic E-state index is 0.601. The number of nitriles is 1. The number of nitrogens with zero attached hydrogens (tertiary/aromatic N) is 6. The molecule has 1 aromatic carbocycles. The Balaban J connectivity index is 1.47. The van der Waals surface area contributed by atoms with Crippen molar-refractivity contribution in [1.29, 1.82) is 5.26 Å². The zero-order valence-electron chi connectivity index (χ0n) is 15.6. The van der Waals surface area contributed by atoms with E-state index in [1.54, 1.807) is 6.33 Å². The van der Waals surface area contributed by atoms with Crippen LogP contribution in [-0.2, 0) is 6.54 Å². The minimum Gasteiger partial charge on any atom is -0.353 e. The predicted molar refractivity (Wildman–Crippen MR) is 103 cm³/mol. The van der Waals surface area contributed by atoms with E-state index in [0.29, 0.717) is 5.56 Å². The highest BCUT2D eigenvalue weighted by Gasteiger charge is 2.21. The molecule has 0 radical (unpaired) electrons. The molecule has 0 spiro atoms. The summed E-state index contributed by atoms with van der Waals surface area (Å²) in [4.78, 5) is 15.5. The Morgan fingerprint density at radius 2 is 1.85 bits per heavy atom. The maximum atomic E-state index is 9.38. The van der Waals surface area contributed by atoms with Gasteiger partial charge in [-0.25, -0.2) is 9.97 Å². The summed E-state index contributed by atoms with van der Waals surface area (Å²) < 4.78 is 0. The van der Waals surface area contributed by atoms with Gasteiger partial charge in [-0.1, -0.05) is 30.3 Å². The van der Waals surface area contributed by atoms with Crippen LogP contribution in [-0.4, -0.2) is 66.1 Å². The summed E-state index contributed by atoms with van der Waals surface area (Å²) in [5.74, 6) is 0.779. The lowest BCUT2D eigenvalue weighted by Crippen LogP contribution is -2.48. The van der Waals surface area contributed by atoms with Crippen LogP contribution >= 0.6 is 0 Å². The second-order valence-electron chi connectivity index (χ2n) is 6.82. The molecule has 1 saturated heterocycles. The number of piperazine rings is 1. The molecule has 0 atom stereocenters. The van der Waals surface area contributed by atoms with E-state index in [0.717, 1.165) is 57.3 Å². The van der Waals surface area contributed by atoms with E-state index in [1.807, 2.05) is 6.92 Å². The van der Waals surface area contributed by atoms with Gasteiger partial charge in [0.05, 0.1) is 5.69 Å². The summed E-state index contributed by atoms with van der Waals surface area (Å²) in [5, 5.41) is 9.38. The van der Waals surface area contributed by atoms with Gasteiger partial charge < -0.3 is 9.80 Å². The highest BCUT2D eigenvalue weighted by Crippen LogP contribution is 2.19. The molecule has 6 nitrogen and oxygen atoms in total. The Labute approximate surface area is 155 Å². The number of likely N-dealkylation sites (N-methyl/N-ethyl adjacent to an activating group) is 1. The number of aromatic nitrogens is 2. The van der Waals surface area contributed by atoms with Crippen LogP contribution in [0.25, 0.3) is 0 Å². The molecule has 136 valence electrons. The van der Waals surface area contributed by atoms with Gasteiger partial charge in [-0.05, 0) is 19.5 Å². The SMILES string of the molecule is Cc1ncnc(N2CCN(CCN(C)Cc3ccccc3)CC2)c1C#N. The number of rotatable bonds is 6. The fraction of sp³-hybridized carbons (Fsp3) is 0.450. The third kappa shape index (κ3) is 4.57. The van der Waals surface area contributed by atoms with E-state index in [-0.39, 0.29) is 0 Å². The molecular formula is C20H26N6. The molecule has 26 heavy (non-hydrogen) atoms. The van der Waals surface area contributed by atoms with Crippen molar-refractivity contribution in [1.82, 2.24) is 19.8 Å². The molecule has 0 saturated carbocycles. The van der Waals surface area contributed by atoms with Gasteiger partial charge in [0, 0.05) is 45.8 Å². The van der Waals surface area contributed by atoms with Crippen molar-refractivity contribution in [3.8, 4) is 6.07 Å². The summed E-state index contributed by atoms with van der Waals surface area (Å²) >= 11 is 0. The lowest BCUT2D eigenvalue weighted by atomic mass is 10.2. The van der Waals surface area contributed by atoms with Crippen LogP contribution in [0.5, 0.6) is 0 Å². The molecule has 3 rings (SSSR count). The molecule has 0 bridgehead atoms. The van der Waals surface area contributed by atoms with Crippen LogP contribution in [0.15, 0.2) is 36.7 Å². The van der Waals surface area contributed by atoms with E-state index in [2.05, 4.69) is 68.1 Å². The summed E-state index contributed by atoms with van der Waals surface area (Å²) in [6, 6.07) is 12.8. The largest absolute Gasteiger partial charge is 0.353 e. The molecule has 1 aliphatic rings. The lowest BCUT2D eigenvalue weighted by molar-refractivity contribution is 0.212. The normalized spacial score (nSPS) is 15.2. The fourth-order valence-corrected chi connectivity index (χ4v) is 3.30. The van der Waals surface area contributed by atoms with Crippen LogP contribution < -0.4 is 4.90 Å². The Morgan fingerprint density at radius 1 is 1.12 bits per heavy atom. The van der Waals surface area contributed by atoms with Gasteiger partial charge in [0.25, 0.3) is 0 Å². The first kappa shape index (κ1) is 18.3. The van der Waals surface area contributed by atoms with Gasteiger partial charge in [-0.3, -0.25) is 4.90 Å². The molecule has 0 aliphatic carbocycles. The molecule has 2 heterocycles. The molecule has 0 amide bonds. The third-order valence-corrected chi connectivity index (χ3v) is 4.89. The average molecular weight is 350 g/mol. The smallest absolute Gasteiger partial charge is 0.150 e. The Morgan fingerprint density at radius 3 is 2.54 bits per heavy atom. The molecule has 1 fully saturated rings. The van der Waals surface area contributed by atoms with E-state index in [9.17, 15) is 5.26 Å². The maximum Gasteiger partial charge on any atom is 0.150 e. The number of aryl methyl sites for hydroxylation is 1. The minimum absolute atomic E-state index is 0.601. The summed E-state index contributed by atoms with van der Waals surface area (Å²) in [6.07, 6.45) is 1.55. The number of benzene rings is 1. The van der Waals surface area contributed by atoms with Crippen molar-refractivity contribution in [2.24, 2.45) is 0 Å². The van der Waals surface area contributed by atoms with Gasteiger partial charge in [0.1, 0.15) is 23.8 Å². The highest BCUT2D eigenvalue weighted by atomic mass is 15.3. The maximum absolute atomic E-state index is 9.38. The molecule has 1 aliphatic heterocycles. The van der Waals surface area contributed by atoms with E-state index >= 15 is 0 Å².